The number of hydrogen-bond donors (Lipinski definition) is 0. The van der Waals surface area contributed by atoms with E-state index in [4.69, 9.17) is 0 Å². The Bertz CT molecular complexity index is 145. The van der Waals surface area contributed by atoms with Crippen LogP contribution in [0.25, 0.3) is 0 Å². The van der Waals surface area contributed by atoms with Gasteiger partial charge in [0, 0.05) is 13.0 Å². The molecule has 0 spiro atoms. The minimum atomic E-state index is 0.303. The van der Waals surface area contributed by atoms with Crippen LogP contribution in [0.15, 0.2) is 0 Å². The molecule has 13 heavy (non-hydrogen) atoms. The van der Waals surface area contributed by atoms with E-state index >= 15 is 0 Å². The molecule has 0 rings (SSSR count). The van der Waals surface area contributed by atoms with Crippen molar-refractivity contribution in [3.63, 3.8) is 0 Å². The highest BCUT2D eigenvalue weighted by Crippen LogP contribution is 2.03. The summed E-state index contributed by atoms with van der Waals surface area (Å²) in [4.78, 5) is 13.0. The average molecular weight is 185 g/mol. The Kier molecular flexibility index (Phi) is 6.87. The number of carbonyl (C=O) groups is 1. The molecule has 1 atom stereocenters. The molecule has 0 N–H and O–H groups in total. The maximum Gasteiger partial charge on any atom is 0.129 e. The van der Waals surface area contributed by atoms with E-state index in [2.05, 4.69) is 25.8 Å². The van der Waals surface area contributed by atoms with Gasteiger partial charge in [-0.25, -0.2) is 0 Å². The fraction of sp³-hybridized carbons (Fsp3) is 0.909. The van der Waals surface area contributed by atoms with E-state index in [1.54, 1.807) is 6.92 Å². The van der Waals surface area contributed by atoms with E-state index in [0.717, 1.165) is 31.8 Å². The maximum atomic E-state index is 10.7. The number of hydrogen-bond acceptors (Lipinski definition) is 2. The molecule has 0 bridgehead atoms. The van der Waals surface area contributed by atoms with E-state index < -0.39 is 0 Å². The van der Waals surface area contributed by atoms with Crippen LogP contribution in [0, 0.1) is 5.92 Å². The summed E-state index contributed by atoms with van der Waals surface area (Å²) in [5, 5.41) is 0. The largest absolute Gasteiger partial charge is 0.306 e. The Labute approximate surface area is 82.3 Å². The van der Waals surface area contributed by atoms with Crippen LogP contribution >= 0.6 is 0 Å². The van der Waals surface area contributed by atoms with Crippen LogP contribution in [0.5, 0.6) is 0 Å². The molecule has 2 nitrogen and oxygen atoms in total. The van der Waals surface area contributed by atoms with E-state index in [-0.39, 0.29) is 0 Å². The second-order valence-electron chi connectivity index (χ2n) is 4.08. The lowest BCUT2D eigenvalue weighted by Gasteiger charge is -2.19. The Morgan fingerprint density at radius 3 is 2.54 bits per heavy atom. The summed E-state index contributed by atoms with van der Waals surface area (Å²) in [6.07, 6.45) is 2.96. The van der Waals surface area contributed by atoms with Crippen LogP contribution in [-0.2, 0) is 4.79 Å². The van der Waals surface area contributed by atoms with Crippen molar-refractivity contribution in [3.8, 4) is 0 Å². The summed E-state index contributed by atoms with van der Waals surface area (Å²) >= 11 is 0. The van der Waals surface area contributed by atoms with Gasteiger partial charge in [0.05, 0.1) is 0 Å². The topological polar surface area (TPSA) is 20.3 Å². The third kappa shape index (κ3) is 7.97. The van der Waals surface area contributed by atoms with E-state index in [1.807, 2.05) is 0 Å². The maximum absolute atomic E-state index is 10.7. The highest BCUT2D eigenvalue weighted by atomic mass is 16.1. The number of rotatable bonds is 7. The smallest absolute Gasteiger partial charge is 0.129 e. The van der Waals surface area contributed by atoms with Crippen molar-refractivity contribution in [3.05, 3.63) is 0 Å². The van der Waals surface area contributed by atoms with Crippen molar-refractivity contribution in [2.24, 2.45) is 5.92 Å². The molecule has 2 heteroatoms. The zero-order valence-electron chi connectivity index (χ0n) is 9.47. The standard InChI is InChI=1S/C11H23NO/c1-5-10(2)9-12(4)8-6-7-11(3)13/h10H,5-9H2,1-4H3. The zero-order valence-corrected chi connectivity index (χ0v) is 9.47. The van der Waals surface area contributed by atoms with Gasteiger partial charge < -0.3 is 9.69 Å². The first kappa shape index (κ1) is 12.6. The lowest BCUT2D eigenvalue weighted by atomic mass is 10.1. The molecule has 0 aromatic rings. The fourth-order valence-corrected chi connectivity index (χ4v) is 1.35. The van der Waals surface area contributed by atoms with Crippen molar-refractivity contribution >= 4 is 5.78 Å². The summed E-state index contributed by atoms with van der Waals surface area (Å²) in [7, 11) is 2.13. The second kappa shape index (κ2) is 7.07. The number of ketones is 1. The zero-order chi connectivity index (χ0) is 10.3. The van der Waals surface area contributed by atoms with Gasteiger partial charge in [0.15, 0.2) is 0 Å². The Balaban J connectivity index is 3.39. The second-order valence-corrected chi connectivity index (χ2v) is 4.08. The van der Waals surface area contributed by atoms with E-state index in [0.29, 0.717) is 5.78 Å². The van der Waals surface area contributed by atoms with Gasteiger partial charge in [-0.1, -0.05) is 20.3 Å². The summed E-state index contributed by atoms with van der Waals surface area (Å²) in [6, 6.07) is 0. The predicted molar refractivity (Wildman–Crippen MR) is 56.9 cm³/mol. The Morgan fingerprint density at radius 2 is 2.08 bits per heavy atom. The first-order chi connectivity index (χ1) is 6.06. The molecule has 0 amide bonds. The van der Waals surface area contributed by atoms with Crippen LogP contribution < -0.4 is 0 Å². The third-order valence-electron chi connectivity index (χ3n) is 2.39. The number of Topliss-reactive ketones (excluding diaryl/α,β-unsaturated/α-hetero) is 1. The van der Waals surface area contributed by atoms with Crippen molar-refractivity contribution in [1.82, 2.24) is 4.90 Å². The van der Waals surface area contributed by atoms with Crippen molar-refractivity contribution in [1.29, 1.82) is 0 Å². The third-order valence-corrected chi connectivity index (χ3v) is 2.39. The van der Waals surface area contributed by atoms with Gasteiger partial charge in [-0.3, -0.25) is 0 Å². The minimum Gasteiger partial charge on any atom is -0.306 e. The molecule has 0 saturated carbocycles. The van der Waals surface area contributed by atoms with Crippen molar-refractivity contribution < 1.29 is 4.79 Å². The molecule has 1 unspecified atom stereocenters. The van der Waals surface area contributed by atoms with Crippen LogP contribution in [0.4, 0.5) is 0 Å². The highest BCUT2D eigenvalue weighted by molar-refractivity contribution is 5.75. The molecule has 0 aliphatic heterocycles. The molecule has 0 aromatic heterocycles. The lowest BCUT2D eigenvalue weighted by Crippen LogP contribution is -2.25. The Hall–Kier alpha value is -0.370. The average Bonchev–Trinajstić information content (AvgIpc) is 2.03. The van der Waals surface area contributed by atoms with Gasteiger partial charge in [-0.05, 0) is 32.9 Å². The molecule has 0 radical (unpaired) electrons. The van der Waals surface area contributed by atoms with Gasteiger partial charge in [0.1, 0.15) is 5.78 Å². The molecular weight excluding hydrogens is 162 g/mol. The van der Waals surface area contributed by atoms with Crippen LogP contribution in [0.2, 0.25) is 0 Å². The predicted octanol–water partition coefficient (Wildman–Crippen LogP) is 2.33. The van der Waals surface area contributed by atoms with Crippen LogP contribution in [0.1, 0.15) is 40.0 Å². The SMILES string of the molecule is CCC(C)CN(C)CCCC(C)=O. The molecule has 0 aromatic carbocycles. The monoisotopic (exact) mass is 185 g/mol. The van der Waals surface area contributed by atoms with Gasteiger partial charge in [0.2, 0.25) is 0 Å². The molecule has 0 aliphatic rings. The Morgan fingerprint density at radius 1 is 1.46 bits per heavy atom. The normalized spacial score (nSPS) is 13.3. The summed E-state index contributed by atoms with van der Waals surface area (Å²) in [6.45, 7) is 8.34. The van der Waals surface area contributed by atoms with Crippen LogP contribution in [-0.4, -0.2) is 30.8 Å². The quantitative estimate of drug-likeness (QED) is 0.606. The van der Waals surface area contributed by atoms with E-state index in [1.165, 1.54) is 6.42 Å². The van der Waals surface area contributed by atoms with Gasteiger partial charge in [-0.15, -0.1) is 0 Å². The lowest BCUT2D eigenvalue weighted by molar-refractivity contribution is -0.117. The molecule has 78 valence electrons. The molecule has 0 aliphatic carbocycles. The van der Waals surface area contributed by atoms with Gasteiger partial charge >= 0.3 is 0 Å². The summed E-state index contributed by atoms with van der Waals surface area (Å²) in [5.41, 5.74) is 0. The van der Waals surface area contributed by atoms with Crippen molar-refractivity contribution in [2.45, 2.75) is 40.0 Å². The molecule has 0 heterocycles. The number of nitrogens with zero attached hydrogens (tertiary/aromatic N) is 1. The van der Waals surface area contributed by atoms with Gasteiger partial charge in [-0.2, -0.15) is 0 Å². The summed E-state index contributed by atoms with van der Waals surface area (Å²) < 4.78 is 0. The molecule has 0 saturated heterocycles. The van der Waals surface area contributed by atoms with E-state index in [9.17, 15) is 4.79 Å². The number of carbonyl (C=O) groups excluding carboxylic acids is 1. The van der Waals surface area contributed by atoms with Crippen LogP contribution in [0.3, 0.4) is 0 Å². The first-order valence-electron chi connectivity index (χ1n) is 5.24. The molecular formula is C11H23NO. The fourth-order valence-electron chi connectivity index (χ4n) is 1.35. The highest BCUT2D eigenvalue weighted by Gasteiger charge is 2.04. The van der Waals surface area contributed by atoms with Crippen molar-refractivity contribution in [2.75, 3.05) is 20.1 Å². The molecule has 0 fully saturated rings. The first-order valence-corrected chi connectivity index (χ1v) is 5.24. The minimum absolute atomic E-state index is 0.303. The van der Waals surface area contributed by atoms with Gasteiger partial charge in [0.25, 0.3) is 0 Å². The summed E-state index contributed by atoms with van der Waals surface area (Å²) in [5.74, 6) is 1.07.